The lowest BCUT2D eigenvalue weighted by molar-refractivity contribution is 0.165. The minimum atomic E-state index is -0.296. The van der Waals surface area contributed by atoms with Gasteiger partial charge >= 0.3 is 0 Å². The van der Waals surface area contributed by atoms with Crippen LogP contribution in [0.15, 0.2) is 36.7 Å². The summed E-state index contributed by atoms with van der Waals surface area (Å²) in [6.07, 6.45) is 5.96. The van der Waals surface area contributed by atoms with Gasteiger partial charge in [-0.3, -0.25) is 4.68 Å². The zero-order chi connectivity index (χ0) is 13.7. The molecule has 0 fully saturated rings. The fraction of sp³-hybridized carbons (Fsp3) is 0.438. The lowest BCUT2D eigenvalue weighted by atomic mass is 10.0. The van der Waals surface area contributed by atoms with Gasteiger partial charge in [0.1, 0.15) is 0 Å². The highest BCUT2D eigenvalue weighted by Gasteiger charge is 2.07. The Bertz CT molecular complexity index is 502. The Hall–Kier alpha value is -1.61. The molecule has 102 valence electrons. The Kier molecular flexibility index (Phi) is 4.74. The van der Waals surface area contributed by atoms with Crippen LogP contribution in [0, 0.1) is 6.92 Å². The fourth-order valence-electron chi connectivity index (χ4n) is 2.15. The van der Waals surface area contributed by atoms with Crippen molar-refractivity contribution in [2.24, 2.45) is 0 Å². The molecule has 1 N–H and O–H groups in total. The third-order valence-corrected chi connectivity index (χ3v) is 3.37. The predicted octanol–water partition coefficient (Wildman–Crippen LogP) is 2.75. The largest absolute Gasteiger partial charge is 0.393 e. The lowest BCUT2D eigenvalue weighted by Crippen LogP contribution is -2.11. The number of aliphatic hydroxyl groups is 1. The first-order valence-corrected chi connectivity index (χ1v) is 6.92. The third-order valence-electron chi connectivity index (χ3n) is 3.37. The van der Waals surface area contributed by atoms with Crippen LogP contribution in [0.5, 0.6) is 0 Å². The van der Waals surface area contributed by atoms with Crippen molar-refractivity contribution in [2.75, 3.05) is 0 Å². The summed E-state index contributed by atoms with van der Waals surface area (Å²) < 4.78 is 1.89. The van der Waals surface area contributed by atoms with E-state index in [1.54, 1.807) is 0 Å². The van der Waals surface area contributed by atoms with Gasteiger partial charge < -0.3 is 5.11 Å². The van der Waals surface area contributed by atoms with Gasteiger partial charge in [-0.05, 0) is 37.8 Å². The van der Waals surface area contributed by atoms with E-state index in [4.69, 9.17) is 0 Å². The smallest absolute Gasteiger partial charge is 0.0584 e. The summed E-state index contributed by atoms with van der Waals surface area (Å²) in [5.41, 5.74) is 3.67. The molecule has 3 heteroatoms. The number of hydrogen-bond donors (Lipinski definition) is 1. The molecule has 0 aliphatic carbocycles. The van der Waals surface area contributed by atoms with Crippen LogP contribution in [-0.4, -0.2) is 21.0 Å². The maximum atomic E-state index is 10.1. The van der Waals surface area contributed by atoms with E-state index in [0.29, 0.717) is 6.42 Å². The first kappa shape index (κ1) is 13.8. The number of benzene rings is 1. The predicted molar refractivity (Wildman–Crippen MR) is 77.1 cm³/mol. The first-order chi connectivity index (χ1) is 9.17. The van der Waals surface area contributed by atoms with E-state index in [1.807, 2.05) is 17.1 Å². The second-order valence-electron chi connectivity index (χ2n) is 5.09. The van der Waals surface area contributed by atoms with Gasteiger partial charge in [-0.1, -0.05) is 29.8 Å². The molecule has 0 saturated heterocycles. The fourth-order valence-corrected chi connectivity index (χ4v) is 2.15. The molecule has 1 atom stereocenters. The second kappa shape index (κ2) is 6.53. The van der Waals surface area contributed by atoms with Gasteiger partial charge in [0.2, 0.25) is 0 Å². The molecule has 0 saturated carbocycles. The average molecular weight is 258 g/mol. The normalized spacial score (nSPS) is 12.6. The van der Waals surface area contributed by atoms with Crippen LogP contribution in [-0.2, 0) is 19.4 Å². The molecule has 2 aromatic rings. The van der Waals surface area contributed by atoms with Crippen molar-refractivity contribution < 1.29 is 5.11 Å². The van der Waals surface area contributed by atoms with E-state index < -0.39 is 0 Å². The van der Waals surface area contributed by atoms with Crippen molar-refractivity contribution in [1.82, 2.24) is 9.78 Å². The van der Waals surface area contributed by atoms with Crippen LogP contribution < -0.4 is 0 Å². The molecule has 19 heavy (non-hydrogen) atoms. The molecule has 0 aliphatic heterocycles. The van der Waals surface area contributed by atoms with Crippen molar-refractivity contribution in [1.29, 1.82) is 0 Å². The number of hydrogen-bond acceptors (Lipinski definition) is 2. The average Bonchev–Trinajstić information content (AvgIpc) is 2.86. The molecular weight excluding hydrogens is 236 g/mol. The topological polar surface area (TPSA) is 38.0 Å². The van der Waals surface area contributed by atoms with Crippen molar-refractivity contribution in [3.05, 3.63) is 53.3 Å². The number of aliphatic hydroxyl groups excluding tert-OH is 1. The van der Waals surface area contributed by atoms with E-state index in [2.05, 4.69) is 43.2 Å². The van der Waals surface area contributed by atoms with Gasteiger partial charge in [0.15, 0.2) is 0 Å². The number of nitrogens with zero attached hydrogens (tertiary/aromatic N) is 2. The number of rotatable bonds is 6. The molecule has 1 aromatic heterocycles. The van der Waals surface area contributed by atoms with E-state index in [0.717, 1.165) is 24.9 Å². The van der Waals surface area contributed by atoms with Crippen LogP contribution in [0.25, 0.3) is 0 Å². The second-order valence-corrected chi connectivity index (χ2v) is 5.09. The quantitative estimate of drug-likeness (QED) is 0.865. The van der Waals surface area contributed by atoms with Gasteiger partial charge in [0.25, 0.3) is 0 Å². The van der Waals surface area contributed by atoms with E-state index in [1.165, 1.54) is 11.1 Å². The maximum Gasteiger partial charge on any atom is 0.0584 e. The van der Waals surface area contributed by atoms with Crippen LogP contribution in [0.3, 0.4) is 0 Å². The monoisotopic (exact) mass is 258 g/mol. The van der Waals surface area contributed by atoms with Crippen molar-refractivity contribution in [3.8, 4) is 0 Å². The molecule has 0 spiro atoms. The molecular formula is C16H22N2O. The summed E-state index contributed by atoms with van der Waals surface area (Å²) in [6.45, 7) is 5.02. The molecule has 1 unspecified atom stereocenters. The molecule has 3 nitrogen and oxygen atoms in total. The van der Waals surface area contributed by atoms with Gasteiger partial charge in [-0.15, -0.1) is 0 Å². The van der Waals surface area contributed by atoms with E-state index in [9.17, 15) is 5.11 Å². The Balaban J connectivity index is 1.81. The molecule has 0 bridgehead atoms. The molecule has 1 heterocycles. The van der Waals surface area contributed by atoms with E-state index in [-0.39, 0.29) is 6.10 Å². The summed E-state index contributed by atoms with van der Waals surface area (Å²) in [7, 11) is 0. The molecule has 1 aromatic carbocycles. The minimum Gasteiger partial charge on any atom is -0.393 e. The Morgan fingerprint density at radius 3 is 2.58 bits per heavy atom. The van der Waals surface area contributed by atoms with Crippen molar-refractivity contribution in [2.45, 2.75) is 45.8 Å². The highest BCUT2D eigenvalue weighted by Crippen LogP contribution is 2.10. The molecule has 0 radical (unpaired) electrons. The molecule has 0 aliphatic rings. The van der Waals surface area contributed by atoms with Crippen molar-refractivity contribution >= 4 is 0 Å². The summed E-state index contributed by atoms with van der Waals surface area (Å²) in [5.74, 6) is 0. The van der Waals surface area contributed by atoms with Crippen LogP contribution in [0.4, 0.5) is 0 Å². The summed E-state index contributed by atoms with van der Waals surface area (Å²) in [4.78, 5) is 0. The summed E-state index contributed by atoms with van der Waals surface area (Å²) >= 11 is 0. The van der Waals surface area contributed by atoms with Crippen LogP contribution in [0.1, 0.15) is 30.0 Å². The van der Waals surface area contributed by atoms with Gasteiger partial charge in [-0.25, -0.2) is 0 Å². The summed E-state index contributed by atoms with van der Waals surface area (Å²) in [6, 6.07) is 8.51. The van der Waals surface area contributed by atoms with Crippen molar-refractivity contribution in [3.63, 3.8) is 0 Å². The first-order valence-electron chi connectivity index (χ1n) is 6.92. The zero-order valence-electron chi connectivity index (χ0n) is 11.7. The zero-order valence-corrected chi connectivity index (χ0v) is 11.7. The Labute approximate surface area is 114 Å². The Morgan fingerprint density at radius 1 is 1.21 bits per heavy atom. The summed E-state index contributed by atoms with van der Waals surface area (Å²) in [5, 5.41) is 14.3. The van der Waals surface area contributed by atoms with Crippen LogP contribution >= 0.6 is 0 Å². The van der Waals surface area contributed by atoms with Gasteiger partial charge in [-0.2, -0.15) is 5.10 Å². The van der Waals surface area contributed by atoms with Crippen LogP contribution in [0.2, 0.25) is 0 Å². The molecule has 0 amide bonds. The third kappa shape index (κ3) is 4.21. The standard InChI is InChI=1S/C16H22N2O/c1-3-18-12-15(11-17-18)10-16(19)9-8-14-6-4-13(2)5-7-14/h4-7,11-12,16,19H,3,8-10H2,1-2H3. The minimum absolute atomic E-state index is 0.296. The maximum absolute atomic E-state index is 10.1. The molecule has 2 rings (SSSR count). The highest BCUT2D eigenvalue weighted by molar-refractivity contribution is 5.21. The highest BCUT2D eigenvalue weighted by atomic mass is 16.3. The van der Waals surface area contributed by atoms with Gasteiger partial charge in [0, 0.05) is 19.2 Å². The SMILES string of the molecule is CCn1cc(CC(O)CCc2ccc(C)cc2)cn1. The lowest BCUT2D eigenvalue weighted by Gasteiger charge is -2.09. The van der Waals surface area contributed by atoms with Gasteiger partial charge in [0.05, 0.1) is 12.3 Å². The number of aromatic nitrogens is 2. The Morgan fingerprint density at radius 2 is 1.95 bits per heavy atom. The van der Waals surface area contributed by atoms with E-state index >= 15 is 0 Å². The number of aryl methyl sites for hydroxylation is 3.